The molecule has 0 radical (unpaired) electrons. The van der Waals surface area contributed by atoms with Gasteiger partial charge in [0.25, 0.3) is 5.92 Å². The van der Waals surface area contributed by atoms with Crippen LogP contribution in [0.5, 0.6) is 6.01 Å². The molecule has 0 aliphatic heterocycles. The summed E-state index contributed by atoms with van der Waals surface area (Å²) in [5.74, 6) is -3.00. The van der Waals surface area contributed by atoms with E-state index in [0.717, 1.165) is 18.3 Å². The third-order valence-corrected chi connectivity index (χ3v) is 2.72. The molecule has 20 heavy (non-hydrogen) atoms. The molecule has 0 atom stereocenters. The second-order valence-corrected chi connectivity index (χ2v) is 4.61. The molecule has 0 aliphatic rings. The molecule has 7 heteroatoms. The predicted octanol–water partition coefficient (Wildman–Crippen LogP) is 2.48. The SMILES string of the molecule is Cc1cc(C)n(CCOc2nccc(C(C)(F)F)n2)n1. The number of hydrogen-bond donors (Lipinski definition) is 0. The monoisotopic (exact) mass is 282 g/mol. The van der Waals surface area contributed by atoms with E-state index >= 15 is 0 Å². The summed E-state index contributed by atoms with van der Waals surface area (Å²) in [7, 11) is 0. The van der Waals surface area contributed by atoms with Crippen LogP contribution in [0.3, 0.4) is 0 Å². The van der Waals surface area contributed by atoms with E-state index in [-0.39, 0.29) is 18.3 Å². The normalized spacial score (nSPS) is 11.7. The Hall–Kier alpha value is -2.05. The molecule has 2 aromatic rings. The molecule has 0 N–H and O–H groups in total. The van der Waals surface area contributed by atoms with Crippen LogP contribution in [-0.2, 0) is 12.5 Å². The highest BCUT2D eigenvalue weighted by atomic mass is 19.3. The Morgan fingerprint density at radius 3 is 2.70 bits per heavy atom. The van der Waals surface area contributed by atoms with Gasteiger partial charge in [-0.05, 0) is 26.0 Å². The molecule has 0 unspecified atom stereocenters. The van der Waals surface area contributed by atoms with Crippen molar-refractivity contribution < 1.29 is 13.5 Å². The molecule has 0 spiro atoms. The van der Waals surface area contributed by atoms with Crippen LogP contribution in [0.4, 0.5) is 8.78 Å². The minimum Gasteiger partial charge on any atom is -0.461 e. The van der Waals surface area contributed by atoms with E-state index in [1.807, 2.05) is 19.9 Å². The van der Waals surface area contributed by atoms with Gasteiger partial charge in [0.05, 0.1) is 12.2 Å². The fourth-order valence-corrected chi connectivity index (χ4v) is 1.78. The van der Waals surface area contributed by atoms with Gasteiger partial charge in [-0.2, -0.15) is 18.9 Å². The third-order valence-electron chi connectivity index (χ3n) is 2.72. The summed E-state index contributed by atoms with van der Waals surface area (Å²) in [6.07, 6.45) is 1.26. The van der Waals surface area contributed by atoms with Crippen molar-refractivity contribution in [2.75, 3.05) is 6.61 Å². The predicted molar refractivity (Wildman–Crippen MR) is 68.8 cm³/mol. The Morgan fingerprint density at radius 2 is 2.10 bits per heavy atom. The zero-order valence-corrected chi connectivity index (χ0v) is 11.6. The van der Waals surface area contributed by atoms with Crippen molar-refractivity contribution in [2.45, 2.75) is 33.2 Å². The number of alkyl halides is 2. The Morgan fingerprint density at radius 1 is 1.35 bits per heavy atom. The van der Waals surface area contributed by atoms with Gasteiger partial charge in [-0.1, -0.05) is 0 Å². The Bertz CT molecular complexity index is 592. The second-order valence-electron chi connectivity index (χ2n) is 4.61. The quantitative estimate of drug-likeness (QED) is 0.845. The Balaban J connectivity index is 1.96. The van der Waals surface area contributed by atoms with Crippen LogP contribution in [0.25, 0.3) is 0 Å². The van der Waals surface area contributed by atoms with Gasteiger partial charge < -0.3 is 4.74 Å². The van der Waals surface area contributed by atoms with E-state index in [1.54, 1.807) is 4.68 Å². The Kier molecular flexibility index (Phi) is 3.96. The topological polar surface area (TPSA) is 52.8 Å². The fourth-order valence-electron chi connectivity index (χ4n) is 1.78. The minimum absolute atomic E-state index is 0.0504. The van der Waals surface area contributed by atoms with E-state index in [1.165, 1.54) is 12.3 Å². The highest BCUT2D eigenvalue weighted by Gasteiger charge is 2.26. The summed E-state index contributed by atoms with van der Waals surface area (Å²) in [5, 5.41) is 4.27. The number of ether oxygens (including phenoxy) is 1. The molecule has 0 saturated heterocycles. The fraction of sp³-hybridized carbons (Fsp3) is 0.462. The molecule has 108 valence electrons. The lowest BCUT2D eigenvalue weighted by molar-refractivity contribution is 0.0118. The zero-order valence-electron chi connectivity index (χ0n) is 11.6. The third kappa shape index (κ3) is 3.49. The van der Waals surface area contributed by atoms with Crippen molar-refractivity contribution in [1.29, 1.82) is 0 Å². The van der Waals surface area contributed by atoms with Crippen molar-refractivity contribution in [3.63, 3.8) is 0 Å². The summed E-state index contributed by atoms with van der Waals surface area (Å²) in [6, 6.07) is 3.08. The summed E-state index contributed by atoms with van der Waals surface area (Å²) in [4.78, 5) is 7.51. The van der Waals surface area contributed by atoms with Crippen molar-refractivity contribution >= 4 is 0 Å². The van der Waals surface area contributed by atoms with E-state index in [0.29, 0.717) is 6.54 Å². The molecule has 0 amide bonds. The molecule has 0 aromatic carbocycles. The lowest BCUT2D eigenvalue weighted by Gasteiger charge is -2.10. The van der Waals surface area contributed by atoms with E-state index < -0.39 is 5.92 Å². The molecular formula is C13H16F2N4O. The zero-order chi connectivity index (χ0) is 14.8. The molecule has 0 aliphatic carbocycles. The van der Waals surface area contributed by atoms with Gasteiger partial charge in [0.15, 0.2) is 0 Å². The van der Waals surface area contributed by atoms with E-state index in [2.05, 4.69) is 15.1 Å². The molecule has 2 rings (SSSR count). The molecule has 5 nitrogen and oxygen atoms in total. The number of rotatable bonds is 5. The average Bonchev–Trinajstić information content (AvgIpc) is 2.67. The van der Waals surface area contributed by atoms with Crippen LogP contribution in [0.1, 0.15) is 24.0 Å². The van der Waals surface area contributed by atoms with Gasteiger partial charge in [-0.3, -0.25) is 4.68 Å². The highest BCUT2D eigenvalue weighted by molar-refractivity contribution is 5.10. The first-order chi connectivity index (χ1) is 9.36. The van der Waals surface area contributed by atoms with E-state index in [9.17, 15) is 8.78 Å². The van der Waals surface area contributed by atoms with Crippen molar-refractivity contribution in [3.05, 3.63) is 35.4 Å². The highest BCUT2D eigenvalue weighted by Crippen LogP contribution is 2.25. The largest absolute Gasteiger partial charge is 0.461 e. The van der Waals surface area contributed by atoms with Crippen molar-refractivity contribution in [3.8, 4) is 6.01 Å². The maximum Gasteiger partial charge on any atom is 0.316 e. The second kappa shape index (κ2) is 5.52. The first-order valence-corrected chi connectivity index (χ1v) is 6.21. The number of nitrogens with zero attached hydrogens (tertiary/aromatic N) is 4. The molecule has 2 heterocycles. The summed E-state index contributed by atoms with van der Waals surface area (Å²) in [5.41, 5.74) is 1.58. The maximum absolute atomic E-state index is 13.1. The van der Waals surface area contributed by atoms with Crippen LogP contribution < -0.4 is 4.74 Å². The molecule has 0 fully saturated rings. The smallest absolute Gasteiger partial charge is 0.316 e. The number of halogens is 2. The van der Waals surface area contributed by atoms with Crippen molar-refractivity contribution in [2.24, 2.45) is 0 Å². The van der Waals surface area contributed by atoms with Crippen LogP contribution in [-0.4, -0.2) is 26.4 Å². The van der Waals surface area contributed by atoms with Crippen LogP contribution in [0.2, 0.25) is 0 Å². The summed E-state index contributed by atoms with van der Waals surface area (Å²) >= 11 is 0. The Labute approximate surface area is 115 Å². The average molecular weight is 282 g/mol. The molecule has 0 bridgehead atoms. The van der Waals surface area contributed by atoms with Gasteiger partial charge >= 0.3 is 6.01 Å². The van der Waals surface area contributed by atoms with E-state index in [4.69, 9.17) is 4.74 Å². The van der Waals surface area contributed by atoms with Gasteiger partial charge in [-0.15, -0.1) is 0 Å². The number of hydrogen-bond acceptors (Lipinski definition) is 4. The van der Waals surface area contributed by atoms with Crippen LogP contribution in [0.15, 0.2) is 18.3 Å². The first-order valence-electron chi connectivity index (χ1n) is 6.21. The first kappa shape index (κ1) is 14.4. The van der Waals surface area contributed by atoms with Crippen LogP contribution in [0, 0.1) is 13.8 Å². The van der Waals surface area contributed by atoms with Crippen LogP contribution >= 0.6 is 0 Å². The molecule has 0 saturated carbocycles. The summed E-state index contributed by atoms with van der Waals surface area (Å²) in [6.45, 7) is 5.40. The summed E-state index contributed by atoms with van der Waals surface area (Å²) < 4.78 is 33.3. The minimum atomic E-state index is -3.00. The molecular weight excluding hydrogens is 266 g/mol. The lowest BCUT2D eigenvalue weighted by Crippen LogP contribution is -2.14. The molecule has 2 aromatic heterocycles. The maximum atomic E-state index is 13.1. The lowest BCUT2D eigenvalue weighted by atomic mass is 10.3. The standard InChI is InChI=1S/C13H16F2N4O/c1-9-8-10(2)19(18-9)6-7-20-12-16-5-4-11(17-12)13(3,14)15/h4-5,8H,6-7H2,1-3H3. The van der Waals surface area contributed by atoms with Gasteiger partial charge in [0.1, 0.15) is 12.3 Å². The van der Waals surface area contributed by atoms with Gasteiger partial charge in [-0.25, -0.2) is 4.98 Å². The van der Waals surface area contributed by atoms with Crippen molar-refractivity contribution in [1.82, 2.24) is 19.7 Å². The van der Waals surface area contributed by atoms with Gasteiger partial charge in [0.2, 0.25) is 0 Å². The number of aromatic nitrogens is 4. The number of aryl methyl sites for hydroxylation is 2. The van der Waals surface area contributed by atoms with Gasteiger partial charge in [0, 0.05) is 18.8 Å².